The first-order valence-electron chi connectivity index (χ1n) is 10.4. The zero-order valence-corrected chi connectivity index (χ0v) is 16.7. The van der Waals surface area contributed by atoms with Crippen molar-refractivity contribution in [2.24, 2.45) is 0 Å². The van der Waals surface area contributed by atoms with Gasteiger partial charge in [-0.15, -0.1) is 0 Å². The molecule has 1 aromatic heterocycles. The summed E-state index contributed by atoms with van der Waals surface area (Å²) in [7, 11) is 1.68. The Morgan fingerprint density at radius 2 is 1.93 bits per heavy atom. The average Bonchev–Trinajstić information content (AvgIpc) is 3.24. The number of rotatable bonds is 7. The van der Waals surface area contributed by atoms with Crippen molar-refractivity contribution in [1.82, 2.24) is 14.9 Å². The number of aromatic nitrogens is 2. The monoisotopic (exact) mass is 382 g/mol. The number of benzene rings is 1. The molecule has 4 rings (SSSR count). The third-order valence-electron chi connectivity index (χ3n) is 5.67. The van der Waals surface area contributed by atoms with Crippen LogP contribution in [0.15, 0.2) is 18.2 Å². The molecule has 0 atom stereocenters. The van der Waals surface area contributed by atoms with Gasteiger partial charge in [-0.1, -0.05) is 6.08 Å². The highest BCUT2D eigenvalue weighted by molar-refractivity contribution is 5.93. The molecule has 0 radical (unpaired) electrons. The van der Waals surface area contributed by atoms with Crippen molar-refractivity contribution in [3.05, 3.63) is 23.9 Å². The van der Waals surface area contributed by atoms with Crippen LogP contribution in [0, 0.1) is 0 Å². The van der Waals surface area contributed by atoms with E-state index in [1.54, 1.807) is 7.11 Å². The summed E-state index contributed by atoms with van der Waals surface area (Å²) >= 11 is 0. The maximum atomic E-state index is 6.05. The summed E-state index contributed by atoms with van der Waals surface area (Å²) in [4.78, 5) is 11.5. The second-order valence-electron chi connectivity index (χ2n) is 7.68. The highest BCUT2D eigenvalue weighted by Gasteiger charge is 2.17. The number of anilines is 1. The normalized spacial score (nSPS) is 17.7. The van der Waals surface area contributed by atoms with Crippen LogP contribution in [0.2, 0.25) is 0 Å². The van der Waals surface area contributed by atoms with E-state index in [-0.39, 0.29) is 0 Å². The van der Waals surface area contributed by atoms with Crippen LogP contribution in [-0.4, -0.2) is 48.2 Å². The molecule has 2 aliphatic rings. The van der Waals surface area contributed by atoms with Crippen LogP contribution >= 0.6 is 0 Å². The van der Waals surface area contributed by atoms with Crippen molar-refractivity contribution in [2.45, 2.75) is 44.9 Å². The van der Waals surface area contributed by atoms with Gasteiger partial charge in [-0.2, -0.15) is 0 Å². The third kappa shape index (κ3) is 4.22. The fourth-order valence-electron chi connectivity index (χ4n) is 4.20. The number of nitrogen functional groups attached to an aromatic ring is 1. The minimum Gasteiger partial charge on any atom is -0.493 e. The molecule has 1 saturated heterocycles. The summed E-state index contributed by atoms with van der Waals surface area (Å²) in [6.45, 7) is 4.18. The molecule has 2 heterocycles. The summed E-state index contributed by atoms with van der Waals surface area (Å²) in [5.41, 5.74) is 9.01. The Morgan fingerprint density at radius 3 is 2.68 bits per heavy atom. The van der Waals surface area contributed by atoms with E-state index in [9.17, 15) is 0 Å². The van der Waals surface area contributed by atoms with E-state index in [0.29, 0.717) is 12.6 Å². The number of likely N-dealkylation sites (tertiary alicyclic amines) is 1. The van der Waals surface area contributed by atoms with Gasteiger partial charge in [0.05, 0.1) is 24.9 Å². The van der Waals surface area contributed by atoms with Gasteiger partial charge < -0.3 is 20.1 Å². The Balaban J connectivity index is 1.56. The van der Waals surface area contributed by atoms with Crippen molar-refractivity contribution in [2.75, 3.05) is 39.1 Å². The topological polar surface area (TPSA) is 73.5 Å². The molecule has 1 aromatic carbocycles. The summed E-state index contributed by atoms with van der Waals surface area (Å²) in [6.07, 6.45) is 10.5. The number of methoxy groups -OCH3 is 1. The molecule has 0 saturated carbocycles. The van der Waals surface area contributed by atoms with E-state index in [1.807, 2.05) is 12.1 Å². The maximum absolute atomic E-state index is 6.05. The predicted octanol–water partition coefficient (Wildman–Crippen LogP) is 4.04. The molecule has 2 aromatic rings. The Labute approximate surface area is 166 Å². The fourth-order valence-corrected chi connectivity index (χ4v) is 4.20. The van der Waals surface area contributed by atoms with Gasteiger partial charge in [-0.05, 0) is 69.7 Å². The summed E-state index contributed by atoms with van der Waals surface area (Å²) in [6, 6.07) is 3.93. The number of hydrogen-bond acceptors (Lipinski definition) is 6. The Kier molecular flexibility index (Phi) is 5.95. The molecule has 2 N–H and O–H groups in total. The van der Waals surface area contributed by atoms with Crippen LogP contribution in [0.5, 0.6) is 11.5 Å². The van der Waals surface area contributed by atoms with E-state index in [4.69, 9.17) is 15.2 Å². The Morgan fingerprint density at radius 1 is 1.07 bits per heavy atom. The van der Waals surface area contributed by atoms with E-state index in [0.717, 1.165) is 53.9 Å². The number of nitrogens with two attached hydrogens (primary N) is 1. The lowest BCUT2D eigenvalue weighted by atomic mass is 9.95. The molecule has 150 valence electrons. The van der Waals surface area contributed by atoms with E-state index < -0.39 is 0 Å². The zero-order valence-electron chi connectivity index (χ0n) is 16.7. The summed E-state index contributed by atoms with van der Waals surface area (Å²) in [5, 5.41) is 0.976. The smallest absolute Gasteiger partial charge is 0.221 e. The molecule has 1 fully saturated rings. The fraction of sp³-hybridized carbons (Fsp3) is 0.545. The van der Waals surface area contributed by atoms with Gasteiger partial charge in [0, 0.05) is 18.0 Å². The van der Waals surface area contributed by atoms with Crippen molar-refractivity contribution >= 4 is 22.4 Å². The highest BCUT2D eigenvalue weighted by atomic mass is 16.5. The summed E-state index contributed by atoms with van der Waals surface area (Å²) in [5.74, 6) is 1.75. The van der Waals surface area contributed by atoms with Gasteiger partial charge in [0.25, 0.3) is 0 Å². The first kappa shape index (κ1) is 19.0. The van der Waals surface area contributed by atoms with Crippen molar-refractivity contribution in [3.63, 3.8) is 0 Å². The van der Waals surface area contributed by atoms with Crippen LogP contribution in [0.25, 0.3) is 16.5 Å². The number of allylic oxidation sites excluding steroid dienone is 2. The molecular weight excluding hydrogens is 352 g/mol. The molecule has 0 amide bonds. The second-order valence-corrected chi connectivity index (χ2v) is 7.68. The van der Waals surface area contributed by atoms with Crippen LogP contribution in [-0.2, 0) is 0 Å². The SMILES string of the molecule is COc1cc2c(C3=CCCCC3)nc(N)nc2cc1OCCCN1CCCC1. The maximum Gasteiger partial charge on any atom is 0.221 e. The quantitative estimate of drug-likeness (QED) is 0.729. The molecule has 28 heavy (non-hydrogen) atoms. The molecule has 1 aliphatic heterocycles. The van der Waals surface area contributed by atoms with Gasteiger partial charge in [0.15, 0.2) is 11.5 Å². The van der Waals surface area contributed by atoms with E-state index in [1.165, 1.54) is 44.3 Å². The Bertz CT molecular complexity index is 859. The van der Waals surface area contributed by atoms with Gasteiger partial charge in [-0.3, -0.25) is 0 Å². The first-order valence-corrected chi connectivity index (χ1v) is 10.4. The third-order valence-corrected chi connectivity index (χ3v) is 5.67. The van der Waals surface area contributed by atoms with Crippen LogP contribution < -0.4 is 15.2 Å². The molecule has 0 unspecified atom stereocenters. The lowest BCUT2D eigenvalue weighted by molar-refractivity contribution is 0.254. The van der Waals surface area contributed by atoms with Crippen molar-refractivity contribution in [1.29, 1.82) is 0 Å². The van der Waals surface area contributed by atoms with Crippen LogP contribution in [0.1, 0.15) is 50.6 Å². The summed E-state index contributed by atoms with van der Waals surface area (Å²) < 4.78 is 11.7. The number of fused-ring (bicyclic) bond motifs is 1. The number of nitrogens with zero attached hydrogens (tertiary/aromatic N) is 3. The predicted molar refractivity (Wildman–Crippen MR) is 113 cm³/mol. The van der Waals surface area contributed by atoms with Gasteiger partial charge in [0.2, 0.25) is 5.95 Å². The van der Waals surface area contributed by atoms with Crippen molar-refractivity contribution < 1.29 is 9.47 Å². The first-order chi connectivity index (χ1) is 13.7. The standard InChI is InChI=1S/C22H30N4O2/c1-27-19-14-17-18(15-20(19)28-13-7-12-26-10-5-6-11-26)24-22(23)25-21(17)16-8-3-2-4-9-16/h8,14-15H,2-7,9-13H2,1H3,(H2,23,24,25). The van der Waals surface area contributed by atoms with E-state index >= 15 is 0 Å². The highest BCUT2D eigenvalue weighted by Crippen LogP contribution is 2.37. The molecule has 6 heteroatoms. The van der Waals surface area contributed by atoms with Crippen LogP contribution in [0.3, 0.4) is 0 Å². The number of ether oxygens (including phenoxy) is 2. The molecule has 0 bridgehead atoms. The second kappa shape index (κ2) is 8.78. The largest absolute Gasteiger partial charge is 0.493 e. The molecule has 6 nitrogen and oxygen atoms in total. The van der Waals surface area contributed by atoms with Crippen molar-refractivity contribution in [3.8, 4) is 11.5 Å². The van der Waals surface area contributed by atoms with Crippen LogP contribution in [0.4, 0.5) is 5.95 Å². The lowest BCUT2D eigenvalue weighted by Crippen LogP contribution is -2.21. The van der Waals surface area contributed by atoms with Gasteiger partial charge in [0.1, 0.15) is 0 Å². The minimum absolute atomic E-state index is 0.305. The lowest BCUT2D eigenvalue weighted by Gasteiger charge is -2.17. The van der Waals surface area contributed by atoms with E-state index in [2.05, 4.69) is 20.9 Å². The van der Waals surface area contributed by atoms with Gasteiger partial charge in [-0.25, -0.2) is 9.97 Å². The average molecular weight is 383 g/mol. The Hall–Kier alpha value is -2.34. The molecule has 1 aliphatic carbocycles. The number of hydrogen-bond donors (Lipinski definition) is 1. The zero-order chi connectivity index (χ0) is 19.3. The minimum atomic E-state index is 0.305. The van der Waals surface area contributed by atoms with Gasteiger partial charge >= 0.3 is 0 Å². The molecular formula is C22H30N4O2. The molecule has 0 spiro atoms.